The highest BCUT2D eigenvalue weighted by Crippen LogP contribution is 2.30. The maximum absolute atomic E-state index is 13.7. The first kappa shape index (κ1) is 16.0. The second-order valence-electron chi connectivity index (χ2n) is 6.53. The number of aliphatic hydroxyl groups excluding tert-OH is 1. The number of hydrogen-bond acceptors (Lipinski definition) is 2. The summed E-state index contributed by atoms with van der Waals surface area (Å²) >= 11 is 0. The van der Waals surface area contributed by atoms with Crippen molar-refractivity contribution in [3.8, 4) is 11.8 Å². The molecule has 2 rings (SSSR count). The molecule has 0 aromatic heterocycles. The van der Waals surface area contributed by atoms with Gasteiger partial charge >= 0.3 is 0 Å². The quantitative estimate of drug-likeness (QED) is 0.864. The molecule has 1 aliphatic rings. The van der Waals surface area contributed by atoms with Crippen LogP contribution in [0.25, 0.3) is 0 Å². The van der Waals surface area contributed by atoms with Crippen molar-refractivity contribution in [1.82, 2.24) is 4.90 Å². The number of aliphatic hydroxyl groups is 1. The minimum absolute atomic E-state index is 0.0118. The summed E-state index contributed by atoms with van der Waals surface area (Å²) in [6, 6.07) is 5.16. The second kappa shape index (κ2) is 7.06. The van der Waals surface area contributed by atoms with Gasteiger partial charge in [0.15, 0.2) is 0 Å². The van der Waals surface area contributed by atoms with Crippen LogP contribution in [0.15, 0.2) is 18.2 Å². The number of rotatable bonds is 3. The lowest BCUT2D eigenvalue weighted by molar-refractivity contribution is 0.127. The molecule has 1 aromatic carbocycles. The first-order valence-electron chi connectivity index (χ1n) is 7.61. The summed E-state index contributed by atoms with van der Waals surface area (Å²) in [5.41, 5.74) is 1.97. The van der Waals surface area contributed by atoms with Gasteiger partial charge in [0.2, 0.25) is 0 Å². The smallest absolute Gasteiger partial charge is 0.138 e. The lowest BCUT2D eigenvalue weighted by Gasteiger charge is -2.36. The molecule has 1 aliphatic heterocycles. The lowest BCUT2D eigenvalue weighted by Crippen LogP contribution is -2.36. The van der Waals surface area contributed by atoms with Crippen molar-refractivity contribution in [3.05, 3.63) is 35.1 Å². The Hall–Kier alpha value is -1.37. The van der Waals surface area contributed by atoms with Crippen LogP contribution < -0.4 is 0 Å². The summed E-state index contributed by atoms with van der Waals surface area (Å²) in [6.07, 6.45) is 2.79. The molecular weight excluding hydrogens is 265 g/mol. The number of likely N-dealkylation sites (tertiary alicyclic amines) is 1. The molecule has 1 saturated heterocycles. The third kappa shape index (κ3) is 4.84. The minimum Gasteiger partial charge on any atom is -0.395 e. The van der Waals surface area contributed by atoms with E-state index in [2.05, 4.69) is 30.6 Å². The molecule has 3 heteroatoms. The van der Waals surface area contributed by atoms with Gasteiger partial charge in [-0.3, -0.25) is 4.90 Å². The Bertz CT molecular complexity index is 532. The highest BCUT2D eigenvalue weighted by molar-refractivity contribution is 5.38. The standard InChI is InChI=1S/C18H24FNO/c1-18(2)8-10-20(11-9-18)14-15-6-7-17(19)16(13-15)5-3-4-12-21/h6-7,13,21H,4,8-12,14H2,1-2H3. The zero-order valence-corrected chi connectivity index (χ0v) is 13.0. The van der Waals surface area contributed by atoms with Crippen LogP contribution in [0.3, 0.4) is 0 Å². The summed E-state index contributed by atoms with van der Waals surface area (Å²) in [5.74, 6) is 5.29. The van der Waals surface area contributed by atoms with E-state index in [1.54, 1.807) is 0 Å². The van der Waals surface area contributed by atoms with Crippen molar-refractivity contribution in [2.24, 2.45) is 5.41 Å². The summed E-state index contributed by atoms with van der Waals surface area (Å²) < 4.78 is 13.7. The van der Waals surface area contributed by atoms with Gasteiger partial charge in [0.1, 0.15) is 5.82 Å². The molecule has 0 spiro atoms. The molecule has 0 amide bonds. The van der Waals surface area contributed by atoms with Crippen molar-refractivity contribution in [1.29, 1.82) is 0 Å². The highest BCUT2D eigenvalue weighted by atomic mass is 19.1. The van der Waals surface area contributed by atoms with Gasteiger partial charge in [-0.05, 0) is 49.0 Å². The van der Waals surface area contributed by atoms with Crippen molar-refractivity contribution in [2.45, 2.75) is 39.7 Å². The van der Waals surface area contributed by atoms with Gasteiger partial charge in [-0.1, -0.05) is 31.8 Å². The topological polar surface area (TPSA) is 23.5 Å². The molecule has 0 saturated carbocycles. The molecule has 114 valence electrons. The van der Waals surface area contributed by atoms with E-state index in [0.717, 1.165) is 25.2 Å². The van der Waals surface area contributed by atoms with E-state index in [-0.39, 0.29) is 12.4 Å². The van der Waals surface area contributed by atoms with Crippen molar-refractivity contribution in [2.75, 3.05) is 19.7 Å². The van der Waals surface area contributed by atoms with E-state index in [0.29, 0.717) is 17.4 Å². The van der Waals surface area contributed by atoms with Gasteiger partial charge in [0, 0.05) is 13.0 Å². The Labute approximate surface area is 127 Å². The summed E-state index contributed by atoms with van der Waals surface area (Å²) in [4.78, 5) is 2.42. The fraction of sp³-hybridized carbons (Fsp3) is 0.556. The third-order valence-electron chi connectivity index (χ3n) is 4.11. The third-order valence-corrected chi connectivity index (χ3v) is 4.11. The SMILES string of the molecule is CC1(C)CCN(Cc2ccc(F)c(C#CCCO)c2)CC1. The van der Waals surface area contributed by atoms with Gasteiger partial charge < -0.3 is 5.11 Å². The molecule has 1 heterocycles. The van der Waals surface area contributed by atoms with Crippen LogP contribution >= 0.6 is 0 Å². The van der Waals surface area contributed by atoms with Gasteiger partial charge in [-0.25, -0.2) is 4.39 Å². The van der Waals surface area contributed by atoms with E-state index in [9.17, 15) is 4.39 Å². The van der Waals surface area contributed by atoms with E-state index >= 15 is 0 Å². The molecule has 0 radical (unpaired) electrons. The Morgan fingerprint density at radius 1 is 1.29 bits per heavy atom. The summed E-state index contributed by atoms with van der Waals surface area (Å²) in [5, 5.41) is 8.72. The van der Waals surface area contributed by atoms with E-state index in [4.69, 9.17) is 5.11 Å². The predicted molar refractivity (Wildman–Crippen MR) is 83.3 cm³/mol. The van der Waals surface area contributed by atoms with Crippen LogP contribution in [0.5, 0.6) is 0 Å². The van der Waals surface area contributed by atoms with E-state index < -0.39 is 0 Å². The largest absolute Gasteiger partial charge is 0.395 e. The number of halogens is 1. The van der Waals surface area contributed by atoms with E-state index in [1.807, 2.05) is 12.1 Å². The van der Waals surface area contributed by atoms with Crippen LogP contribution in [0.1, 0.15) is 44.2 Å². The molecule has 1 fully saturated rings. The molecule has 0 bridgehead atoms. The predicted octanol–water partition coefficient (Wildman–Crippen LogP) is 3.18. The van der Waals surface area contributed by atoms with Crippen molar-refractivity contribution in [3.63, 3.8) is 0 Å². The van der Waals surface area contributed by atoms with Gasteiger partial charge in [-0.2, -0.15) is 0 Å². The van der Waals surface area contributed by atoms with Gasteiger partial charge in [0.05, 0.1) is 12.2 Å². The lowest BCUT2D eigenvalue weighted by atomic mass is 9.82. The fourth-order valence-corrected chi connectivity index (χ4v) is 2.55. The molecule has 21 heavy (non-hydrogen) atoms. The fourth-order valence-electron chi connectivity index (χ4n) is 2.55. The average Bonchev–Trinajstić information content (AvgIpc) is 2.45. The first-order valence-corrected chi connectivity index (χ1v) is 7.61. The Kier molecular flexibility index (Phi) is 5.39. The Balaban J connectivity index is 2.01. The molecule has 2 nitrogen and oxygen atoms in total. The van der Waals surface area contributed by atoms with Gasteiger partial charge in [-0.15, -0.1) is 0 Å². The molecular formula is C18H24FNO. The average molecular weight is 289 g/mol. The summed E-state index contributed by atoms with van der Waals surface area (Å²) in [6.45, 7) is 7.68. The number of nitrogens with zero attached hydrogens (tertiary/aromatic N) is 1. The zero-order chi connectivity index (χ0) is 15.3. The van der Waals surface area contributed by atoms with Crippen LogP contribution in [0.4, 0.5) is 4.39 Å². The van der Waals surface area contributed by atoms with Crippen molar-refractivity contribution < 1.29 is 9.50 Å². The molecule has 0 atom stereocenters. The molecule has 1 N–H and O–H groups in total. The zero-order valence-electron chi connectivity index (χ0n) is 13.0. The van der Waals surface area contributed by atoms with Gasteiger partial charge in [0.25, 0.3) is 0 Å². The van der Waals surface area contributed by atoms with Crippen LogP contribution in [-0.4, -0.2) is 29.7 Å². The Morgan fingerprint density at radius 3 is 2.67 bits per heavy atom. The first-order chi connectivity index (χ1) is 10.00. The maximum Gasteiger partial charge on any atom is 0.138 e. The number of benzene rings is 1. The summed E-state index contributed by atoms with van der Waals surface area (Å²) in [7, 11) is 0. The normalized spacial score (nSPS) is 18.1. The number of hydrogen-bond donors (Lipinski definition) is 1. The van der Waals surface area contributed by atoms with E-state index in [1.165, 1.54) is 18.9 Å². The van der Waals surface area contributed by atoms with Crippen molar-refractivity contribution >= 4 is 0 Å². The Morgan fingerprint density at radius 2 is 2.00 bits per heavy atom. The molecule has 1 aromatic rings. The minimum atomic E-state index is -0.288. The molecule has 0 unspecified atom stereocenters. The molecule has 0 aliphatic carbocycles. The van der Waals surface area contributed by atoms with Crippen LogP contribution in [-0.2, 0) is 6.54 Å². The van der Waals surface area contributed by atoms with Crippen LogP contribution in [0.2, 0.25) is 0 Å². The van der Waals surface area contributed by atoms with Crippen LogP contribution in [0, 0.1) is 23.1 Å². The highest BCUT2D eigenvalue weighted by Gasteiger charge is 2.25. The maximum atomic E-state index is 13.7. The number of piperidine rings is 1. The monoisotopic (exact) mass is 289 g/mol. The second-order valence-corrected chi connectivity index (χ2v) is 6.53.